The lowest BCUT2D eigenvalue weighted by molar-refractivity contribution is 0.0698. The molecule has 2 N–H and O–H groups in total. The smallest absolute Gasteiger partial charge is 0.337 e. The summed E-state index contributed by atoms with van der Waals surface area (Å²) in [6.45, 7) is 6.03. The molecule has 2 rings (SSSR count). The Labute approximate surface area is 127 Å². The van der Waals surface area contributed by atoms with Gasteiger partial charge in [0.1, 0.15) is 5.82 Å². The number of hydrogen-bond acceptors (Lipinski definition) is 5. The predicted molar refractivity (Wildman–Crippen MR) is 84.4 cm³/mol. The second kappa shape index (κ2) is 6.58. The highest BCUT2D eigenvalue weighted by Crippen LogP contribution is 2.24. The molecule has 0 amide bonds. The first-order chi connectivity index (χ1) is 9.95. The summed E-state index contributed by atoms with van der Waals surface area (Å²) in [6, 6.07) is 8.55. The van der Waals surface area contributed by atoms with E-state index in [2.05, 4.69) is 29.1 Å². The molecule has 0 spiro atoms. The lowest BCUT2D eigenvalue weighted by atomic mass is 10.2. The highest BCUT2D eigenvalue weighted by molar-refractivity contribution is 7.99. The molecule has 0 saturated carbocycles. The fourth-order valence-electron chi connectivity index (χ4n) is 1.79. The summed E-state index contributed by atoms with van der Waals surface area (Å²) in [7, 11) is 0. The van der Waals surface area contributed by atoms with Crippen molar-refractivity contribution in [2.45, 2.75) is 31.2 Å². The third kappa shape index (κ3) is 4.19. The van der Waals surface area contributed by atoms with Crippen LogP contribution in [-0.2, 0) is 0 Å². The number of aromatic carboxylic acids is 1. The molecule has 0 fully saturated rings. The van der Waals surface area contributed by atoms with Crippen molar-refractivity contribution in [3.63, 3.8) is 0 Å². The molecule has 5 nitrogen and oxygen atoms in total. The average molecular weight is 303 g/mol. The van der Waals surface area contributed by atoms with Gasteiger partial charge in [0.05, 0.1) is 11.3 Å². The van der Waals surface area contributed by atoms with Crippen LogP contribution >= 0.6 is 11.8 Å². The molecule has 21 heavy (non-hydrogen) atoms. The molecule has 2 aromatic rings. The highest BCUT2D eigenvalue weighted by Gasteiger charge is 2.11. The molecular formula is C15H17N3O2S. The summed E-state index contributed by atoms with van der Waals surface area (Å²) >= 11 is 1.57. The average Bonchev–Trinajstić information content (AvgIpc) is 2.37. The minimum atomic E-state index is -0.972. The Balaban J connectivity index is 2.31. The van der Waals surface area contributed by atoms with E-state index in [-0.39, 0.29) is 5.56 Å². The molecule has 0 saturated heterocycles. The number of aryl methyl sites for hydroxylation is 1. The third-order valence-corrected chi connectivity index (χ3v) is 3.46. The largest absolute Gasteiger partial charge is 0.478 e. The number of carbonyl (C=O) groups is 1. The first-order valence-corrected chi connectivity index (χ1v) is 7.45. The minimum Gasteiger partial charge on any atom is -0.478 e. The Morgan fingerprint density at radius 1 is 1.29 bits per heavy atom. The topological polar surface area (TPSA) is 75.1 Å². The number of carboxylic acid groups (broad SMARTS) is 1. The van der Waals surface area contributed by atoms with Gasteiger partial charge in [0.15, 0.2) is 5.16 Å². The molecule has 110 valence electrons. The number of hydrogen-bond donors (Lipinski definition) is 2. The molecule has 0 radical (unpaired) electrons. The molecule has 0 bridgehead atoms. The van der Waals surface area contributed by atoms with Crippen LogP contribution in [0.1, 0.15) is 29.9 Å². The zero-order valence-corrected chi connectivity index (χ0v) is 12.9. The Kier molecular flexibility index (Phi) is 4.80. The first kappa shape index (κ1) is 15.3. The van der Waals surface area contributed by atoms with Crippen LogP contribution < -0.4 is 5.32 Å². The maximum Gasteiger partial charge on any atom is 0.337 e. The van der Waals surface area contributed by atoms with Gasteiger partial charge in [0, 0.05) is 17.0 Å². The molecule has 1 aromatic carbocycles. The van der Waals surface area contributed by atoms with Crippen molar-refractivity contribution < 1.29 is 9.90 Å². The molecule has 0 aliphatic rings. The molecule has 0 aliphatic heterocycles. The number of benzene rings is 1. The number of thioether (sulfide) groups is 1. The Morgan fingerprint density at radius 3 is 2.67 bits per heavy atom. The van der Waals surface area contributed by atoms with Crippen molar-refractivity contribution in [3.05, 3.63) is 41.6 Å². The summed E-state index contributed by atoms with van der Waals surface area (Å²) in [6.07, 6.45) is 0. The van der Waals surface area contributed by atoms with Crippen LogP contribution in [0.2, 0.25) is 0 Å². The maximum atomic E-state index is 11.2. The SMILES string of the molecule is Cc1cc(Nc2ccccc2C(=O)O)nc(SC(C)C)n1. The fourth-order valence-corrected chi connectivity index (χ4v) is 2.55. The maximum absolute atomic E-state index is 11.2. The quantitative estimate of drug-likeness (QED) is 0.647. The first-order valence-electron chi connectivity index (χ1n) is 6.57. The van der Waals surface area contributed by atoms with Crippen molar-refractivity contribution >= 4 is 29.2 Å². The number of carboxylic acids is 1. The van der Waals surface area contributed by atoms with Gasteiger partial charge in [-0.05, 0) is 19.1 Å². The number of aromatic nitrogens is 2. The van der Waals surface area contributed by atoms with Gasteiger partial charge in [-0.1, -0.05) is 37.7 Å². The van der Waals surface area contributed by atoms with E-state index in [0.29, 0.717) is 21.9 Å². The van der Waals surface area contributed by atoms with E-state index in [1.807, 2.05) is 6.92 Å². The molecule has 1 heterocycles. The van der Waals surface area contributed by atoms with E-state index >= 15 is 0 Å². The minimum absolute atomic E-state index is 0.215. The Bertz CT molecular complexity index is 659. The normalized spacial score (nSPS) is 10.7. The van der Waals surface area contributed by atoms with Crippen LogP contribution in [-0.4, -0.2) is 26.3 Å². The number of nitrogens with one attached hydrogen (secondary N) is 1. The van der Waals surface area contributed by atoms with Crippen molar-refractivity contribution in [2.75, 3.05) is 5.32 Å². The van der Waals surface area contributed by atoms with Gasteiger partial charge >= 0.3 is 5.97 Å². The molecule has 6 heteroatoms. The van der Waals surface area contributed by atoms with Crippen LogP contribution in [0.3, 0.4) is 0 Å². The van der Waals surface area contributed by atoms with Gasteiger partial charge in [-0.25, -0.2) is 14.8 Å². The van der Waals surface area contributed by atoms with Crippen LogP contribution in [0.25, 0.3) is 0 Å². The summed E-state index contributed by atoms with van der Waals surface area (Å²) in [4.78, 5) is 20.0. The summed E-state index contributed by atoms with van der Waals surface area (Å²) in [5.41, 5.74) is 1.57. The van der Waals surface area contributed by atoms with Crippen LogP contribution in [0, 0.1) is 6.92 Å². The third-order valence-electron chi connectivity index (χ3n) is 2.60. The van der Waals surface area contributed by atoms with Gasteiger partial charge in [0.2, 0.25) is 0 Å². The number of anilines is 2. The highest BCUT2D eigenvalue weighted by atomic mass is 32.2. The predicted octanol–water partition coefficient (Wildman–Crippen LogP) is 3.73. The monoisotopic (exact) mass is 303 g/mol. The summed E-state index contributed by atoms with van der Waals surface area (Å²) in [5.74, 6) is -0.375. The van der Waals surface area contributed by atoms with Crippen molar-refractivity contribution in [1.82, 2.24) is 9.97 Å². The fraction of sp³-hybridized carbons (Fsp3) is 0.267. The Hall–Kier alpha value is -2.08. The number of nitrogens with zero attached hydrogens (tertiary/aromatic N) is 2. The molecular weight excluding hydrogens is 286 g/mol. The van der Waals surface area contributed by atoms with Crippen molar-refractivity contribution in [1.29, 1.82) is 0 Å². The number of rotatable bonds is 5. The van der Waals surface area contributed by atoms with E-state index in [4.69, 9.17) is 0 Å². The van der Waals surface area contributed by atoms with Gasteiger partial charge < -0.3 is 10.4 Å². The number of para-hydroxylation sites is 1. The van der Waals surface area contributed by atoms with E-state index in [9.17, 15) is 9.90 Å². The van der Waals surface area contributed by atoms with Gasteiger partial charge in [-0.3, -0.25) is 0 Å². The summed E-state index contributed by atoms with van der Waals surface area (Å²) < 4.78 is 0. The lowest BCUT2D eigenvalue weighted by Crippen LogP contribution is -2.05. The lowest BCUT2D eigenvalue weighted by Gasteiger charge is -2.11. The standard InChI is InChI=1S/C15H17N3O2S/c1-9(2)21-15-16-10(3)8-13(18-15)17-12-7-5-4-6-11(12)14(19)20/h4-9H,1-3H3,(H,19,20)(H,16,17,18). The van der Waals surface area contributed by atoms with Crippen molar-refractivity contribution in [2.24, 2.45) is 0 Å². The zero-order chi connectivity index (χ0) is 15.4. The van der Waals surface area contributed by atoms with Gasteiger partial charge in [-0.2, -0.15) is 0 Å². The second-order valence-corrected chi connectivity index (χ2v) is 6.36. The van der Waals surface area contributed by atoms with Crippen LogP contribution in [0.5, 0.6) is 0 Å². The molecule has 0 aliphatic carbocycles. The van der Waals surface area contributed by atoms with E-state index in [0.717, 1.165) is 5.69 Å². The van der Waals surface area contributed by atoms with E-state index < -0.39 is 5.97 Å². The van der Waals surface area contributed by atoms with Crippen molar-refractivity contribution in [3.8, 4) is 0 Å². The van der Waals surface area contributed by atoms with Gasteiger partial charge in [-0.15, -0.1) is 0 Å². The molecule has 0 unspecified atom stereocenters. The Morgan fingerprint density at radius 2 is 2.00 bits per heavy atom. The second-order valence-electron chi connectivity index (χ2n) is 4.82. The zero-order valence-electron chi connectivity index (χ0n) is 12.1. The molecule has 1 aromatic heterocycles. The van der Waals surface area contributed by atoms with E-state index in [1.54, 1.807) is 42.1 Å². The van der Waals surface area contributed by atoms with Crippen LogP contribution in [0.15, 0.2) is 35.5 Å². The van der Waals surface area contributed by atoms with Gasteiger partial charge in [0.25, 0.3) is 0 Å². The summed E-state index contributed by atoms with van der Waals surface area (Å²) in [5, 5.41) is 13.3. The molecule has 0 atom stereocenters. The van der Waals surface area contributed by atoms with E-state index in [1.165, 1.54) is 0 Å². The van der Waals surface area contributed by atoms with Crippen LogP contribution in [0.4, 0.5) is 11.5 Å².